The lowest BCUT2D eigenvalue weighted by Crippen LogP contribution is -2.41. The Balaban J connectivity index is 1.43. The van der Waals surface area contributed by atoms with E-state index in [9.17, 15) is 32.0 Å². The summed E-state index contributed by atoms with van der Waals surface area (Å²) < 4.78 is 62.7. The lowest BCUT2D eigenvalue weighted by Gasteiger charge is -2.27. The largest absolute Gasteiger partial charge is 0.359 e. The first-order valence-corrected chi connectivity index (χ1v) is 22.1. The predicted molar refractivity (Wildman–Crippen MR) is 194 cm³/mol. The van der Waals surface area contributed by atoms with E-state index >= 15 is 0 Å². The molecule has 270 valence electrons. The molecule has 1 saturated carbocycles. The van der Waals surface area contributed by atoms with E-state index in [1.165, 1.54) is 46.7 Å². The Morgan fingerprint density at radius 2 is 1.76 bits per heavy atom. The molecule has 14 heteroatoms. The maximum atomic E-state index is 14.2. The van der Waals surface area contributed by atoms with E-state index in [2.05, 4.69) is 36.9 Å². The van der Waals surface area contributed by atoms with Gasteiger partial charge in [0, 0.05) is 32.8 Å². The van der Waals surface area contributed by atoms with Crippen molar-refractivity contribution in [2.45, 2.75) is 81.9 Å². The molecule has 0 unspecified atom stereocenters. The number of anilines is 1. The van der Waals surface area contributed by atoms with E-state index in [1.807, 2.05) is 12.1 Å². The van der Waals surface area contributed by atoms with Crippen molar-refractivity contribution in [2.75, 3.05) is 25.1 Å². The fourth-order valence-electron chi connectivity index (χ4n) is 6.14. The number of halogens is 2. The van der Waals surface area contributed by atoms with Gasteiger partial charge in [0.05, 0.1) is 35.1 Å². The summed E-state index contributed by atoms with van der Waals surface area (Å²) in [6.45, 7) is 6.69. The Hall–Kier alpha value is -4.29. The molecule has 1 aliphatic carbocycles. The van der Waals surface area contributed by atoms with Crippen LogP contribution in [0.4, 0.5) is 14.5 Å². The number of sulfonamides is 1. The zero-order valence-corrected chi connectivity index (χ0v) is 31.2. The van der Waals surface area contributed by atoms with E-state index < -0.39 is 52.6 Å². The number of ether oxygens (including phenoxy) is 1. The number of fused-ring (bicyclic) bond motifs is 1. The van der Waals surface area contributed by atoms with Crippen molar-refractivity contribution < 1.29 is 26.7 Å². The molecule has 51 heavy (non-hydrogen) atoms. The summed E-state index contributed by atoms with van der Waals surface area (Å²) in [6.07, 6.45) is 7.43. The second-order valence-corrected chi connectivity index (χ2v) is 21.9. The van der Waals surface area contributed by atoms with Crippen molar-refractivity contribution >= 4 is 40.5 Å². The molecule has 0 atom stereocenters. The van der Waals surface area contributed by atoms with Crippen LogP contribution in [0.25, 0.3) is 10.8 Å². The molecule has 1 amide bonds. The second-order valence-electron chi connectivity index (χ2n) is 14.3. The van der Waals surface area contributed by atoms with Gasteiger partial charge >= 0.3 is 0 Å². The number of amides is 1. The topological polar surface area (TPSA) is 126 Å². The summed E-state index contributed by atoms with van der Waals surface area (Å²) in [7, 11) is -4.67. The summed E-state index contributed by atoms with van der Waals surface area (Å²) in [5, 5.41) is 14.3. The summed E-state index contributed by atoms with van der Waals surface area (Å²) in [4.78, 5) is 28.0. The molecule has 0 saturated heterocycles. The fourth-order valence-corrected chi connectivity index (χ4v) is 8.05. The van der Waals surface area contributed by atoms with E-state index in [0.29, 0.717) is 35.1 Å². The van der Waals surface area contributed by atoms with Crippen molar-refractivity contribution in [3.05, 3.63) is 99.5 Å². The standard InChI is InChI=1S/C37H43F2N5O5SSi/c1-42(50(47,48)32-19-29(21-40)36(39)34(38)20-32)24-35(45)43(23-26-10-12-28(13-11-26)27-8-6-5-7-9-27)31-14-15-33-30(18-31)22-41-44(37(33)46)25-49-16-17-51(2,3)4/h10-15,18-20,22,27H,5-9,16-17,23-25H2,1-4H3. The summed E-state index contributed by atoms with van der Waals surface area (Å²) >= 11 is 0. The molecular formula is C37H43F2N5O5SSi. The van der Waals surface area contributed by atoms with E-state index in [-0.39, 0.29) is 18.8 Å². The monoisotopic (exact) mass is 735 g/mol. The number of rotatable bonds is 13. The van der Waals surface area contributed by atoms with Gasteiger partial charge in [0.1, 0.15) is 12.8 Å². The molecule has 0 aliphatic heterocycles. The first kappa shape index (κ1) is 37.9. The van der Waals surface area contributed by atoms with Gasteiger partial charge in [-0.25, -0.2) is 21.9 Å². The molecular weight excluding hydrogens is 693 g/mol. The lowest BCUT2D eigenvalue weighted by atomic mass is 9.84. The molecule has 0 bridgehead atoms. The molecule has 5 rings (SSSR count). The average Bonchev–Trinajstić information content (AvgIpc) is 3.10. The first-order valence-electron chi connectivity index (χ1n) is 17.0. The van der Waals surface area contributed by atoms with Gasteiger partial charge in [-0.15, -0.1) is 0 Å². The van der Waals surface area contributed by atoms with Gasteiger partial charge in [0.2, 0.25) is 15.9 Å². The normalized spacial score (nSPS) is 14.2. The number of carbonyl (C=O) groups is 1. The van der Waals surface area contributed by atoms with Crippen molar-refractivity contribution in [3.63, 3.8) is 0 Å². The van der Waals surface area contributed by atoms with Crippen LogP contribution in [0, 0.1) is 23.0 Å². The highest BCUT2D eigenvalue weighted by atomic mass is 32.2. The van der Waals surface area contributed by atoms with Crippen LogP contribution in [0.5, 0.6) is 0 Å². The van der Waals surface area contributed by atoms with Crippen molar-refractivity contribution in [3.8, 4) is 6.07 Å². The zero-order valence-electron chi connectivity index (χ0n) is 29.4. The average molecular weight is 736 g/mol. The number of carbonyl (C=O) groups excluding carboxylic acids is 1. The molecule has 0 spiro atoms. The molecule has 1 fully saturated rings. The number of nitrogens with zero attached hydrogens (tertiary/aromatic N) is 5. The first-order chi connectivity index (χ1) is 24.2. The van der Waals surface area contributed by atoms with Crippen LogP contribution in [0.1, 0.15) is 54.7 Å². The summed E-state index contributed by atoms with van der Waals surface area (Å²) in [6, 6.07) is 16.5. The third-order valence-electron chi connectivity index (χ3n) is 9.24. The fraction of sp³-hybridized carbons (Fsp3) is 0.405. The molecule has 0 radical (unpaired) electrons. The van der Waals surface area contributed by atoms with Gasteiger partial charge in [-0.3, -0.25) is 9.59 Å². The summed E-state index contributed by atoms with van der Waals surface area (Å²) in [5.41, 5.74) is 1.32. The summed E-state index contributed by atoms with van der Waals surface area (Å²) in [5.74, 6) is -3.07. The number of nitriles is 1. The van der Waals surface area contributed by atoms with E-state index in [0.717, 1.165) is 41.9 Å². The van der Waals surface area contributed by atoms with Crippen molar-refractivity contribution in [1.29, 1.82) is 5.26 Å². The zero-order chi connectivity index (χ0) is 36.9. The van der Waals surface area contributed by atoms with Crippen LogP contribution in [-0.2, 0) is 32.8 Å². The second kappa shape index (κ2) is 15.9. The van der Waals surface area contributed by atoms with Crippen LogP contribution >= 0.6 is 0 Å². The maximum Gasteiger partial charge on any atom is 0.276 e. The Kier molecular flexibility index (Phi) is 11.9. The van der Waals surface area contributed by atoms with Crippen LogP contribution in [0.15, 0.2) is 70.5 Å². The Morgan fingerprint density at radius 3 is 2.43 bits per heavy atom. The number of benzene rings is 3. The number of hydrogen-bond acceptors (Lipinski definition) is 7. The van der Waals surface area contributed by atoms with Crippen LogP contribution in [0.2, 0.25) is 25.7 Å². The molecule has 4 aromatic rings. The van der Waals surface area contributed by atoms with Crippen LogP contribution in [-0.4, -0.2) is 56.7 Å². The minimum atomic E-state index is -4.51. The minimum absolute atomic E-state index is 0.0110. The Morgan fingerprint density at radius 1 is 1.06 bits per heavy atom. The molecule has 3 aromatic carbocycles. The smallest absolute Gasteiger partial charge is 0.276 e. The van der Waals surface area contributed by atoms with Gasteiger partial charge in [-0.1, -0.05) is 63.2 Å². The molecule has 0 N–H and O–H groups in total. The highest BCUT2D eigenvalue weighted by molar-refractivity contribution is 7.89. The Bertz CT molecular complexity index is 2110. The minimum Gasteiger partial charge on any atom is -0.359 e. The van der Waals surface area contributed by atoms with Gasteiger partial charge in [-0.2, -0.15) is 14.7 Å². The third kappa shape index (κ3) is 9.15. The predicted octanol–water partition coefficient (Wildman–Crippen LogP) is 6.76. The molecule has 1 heterocycles. The molecule has 1 aliphatic rings. The highest BCUT2D eigenvalue weighted by Gasteiger charge is 2.29. The van der Waals surface area contributed by atoms with Gasteiger partial charge in [0.25, 0.3) is 5.56 Å². The number of aromatic nitrogens is 2. The maximum absolute atomic E-state index is 14.2. The van der Waals surface area contributed by atoms with Gasteiger partial charge < -0.3 is 9.64 Å². The van der Waals surface area contributed by atoms with E-state index in [4.69, 9.17) is 4.74 Å². The van der Waals surface area contributed by atoms with Gasteiger partial charge in [-0.05, 0) is 66.3 Å². The lowest BCUT2D eigenvalue weighted by molar-refractivity contribution is -0.118. The SMILES string of the molecule is CN(CC(=O)N(Cc1ccc(C2CCCCC2)cc1)c1ccc2c(=O)n(COCC[Si](C)(C)C)ncc2c1)S(=O)(=O)c1cc(F)c(F)c(C#N)c1. The number of hydrogen-bond donors (Lipinski definition) is 0. The van der Waals surface area contributed by atoms with E-state index in [1.54, 1.807) is 18.2 Å². The molecule has 10 nitrogen and oxygen atoms in total. The van der Waals surface area contributed by atoms with Gasteiger partial charge in [0.15, 0.2) is 11.6 Å². The third-order valence-corrected chi connectivity index (χ3v) is 12.7. The number of likely N-dealkylation sites (N-methyl/N-ethyl adjacent to an activating group) is 1. The van der Waals surface area contributed by atoms with Crippen LogP contribution in [0.3, 0.4) is 0 Å². The van der Waals surface area contributed by atoms with Crippen molar-refractivity contribution in [1.82, 2.24) is 14.1 Å². The quantitative estimate of drug-likeness (QED) is 0.110. The van der Waals surface area contributed by atoms with Crippen molar-refractivity contribution in [2.24, 2.45) is 0 Å². The van der Waals surface area contributed by atoms with Crippen LogP contribution < -0.4 is 10.5 Å². The highest BCUT2D eigenvalue weighted by Crippen LogP contribution is 2.33. The molecule has 1 aromatic heterocycles. The Labute approximate surface area is 298 Å².